The van der Waals surface area contributed by atoms with Crippen molar-refractivity contribution in [2.45, 2.75) is 59.5 Å². The van der Waals surface area contributed by atoms with Crippen molar-refractivity contribution in [1.82, 2.24) is 15.6 Å². The highest BCUT2D eigenvalue weighted by molar-refractivity contribution is 7.09. The van der Waals surface area contributed by atoms with Crippen LogP contribution in [0.25, 0.3) is 0 Å². The number of nitrogens with one attached hydrogen (secondary N) is 2. The van der Waals surface area contributed by atoms with E-state index in [1.54, 1.807) is 11.3 Å². The minimum absolute atomic E-state index is 0.435. The molecule has 0 aromatic carbocycles. The van der Waals surface area contributed by atoms with Gasteiger partial charge in [-0.3, -0.25) is 4.99 Å². The standard InChI is InChI=1S/C15H28N4S/c1-6-14-19-13(10-20-14)9-17-15(16-5)18-12(4)8-7-11(2)3/h10-12H,6-9H2,1-5H3,(H2,16,17,18). The number of hydrogen-bond donors (Lipinski definition) is 2. The second kappa shape index (κ2) is 8.95. The molecule has 0 saturated carbocycles. The summed E-state index contributed by atoms with van der Waals surface area (Å²) in [5, 5.41) is 10.1. The Morgan fingerprint density at radius 2 is 2.10 bits per heavy atom. The number of guanidine groups is 1. The van der Waals surface area contributed by atoms with Crippen molar-refractivity contribution in [2.24, 2.45) is 10.9 Å². The van der Waals surface area contributed by atoms with Gasteiger partial charge in [0.05, 0.1) is 17.2 Å². The van der Waals surface area contributed by atoms with Crippen LogP contribution in [-0.4, -0.2) is 24.0 Å². The first-order valence-corrected chi connectivity index (χ1v) is 8.33. The first-order valence-electron chi connectivity index (χ1n) is 7.45. The van der Waals surface area contributed by atoms with Crippen LogP contribution in [0.2, 0.25) is 0 Å². The zero-order valence-electron chi connectivity index (χ0n) is 13.4. The second-order valence-corrected chi connectivity index (χ2v) is 6.47. The van der Waals surface area contributed by atoms with Crippen molar-refractivity contribution >= 4 is 17.3 Å². The average Bonchev–Trinajstić information content (AvgIpc) is 2.89. The summed E-state index contributed by atoms with van der Waals surface area (Å²) in [6, 6.07) is 0.435. The lowest BCUT2D eigenvalue weighted by Crippen LogP contribution is -2.42. The van der Waals surface area contributed by atoms with Crippen LogP contribution in [-0.2, 0) is 13.0 Å². The minimum Gasteiger partial charge on any atom is -0.354 e. The normalized spacial score (nSPS) is 13.6. The summed E-state index contributed by atoms with van der Waals surface area (Å²) in [5.74, 6) is 1.60. The molecule has 0 saturated heterocycles. The number of thiazole rings is 1. The summed E-state index contributed by atoms with van der Waals surface area (Å²) in [7, 11) is 1.81. The van der Waals surface area contributed by atoms with Crippen molar-refractivity contribution < 1.29 is 0 Å². The second-order valence-electron chi connectivity index (χ2n) is 5.53. The van der Waals surface area contributed by atoms with E-state index in [0.717, 1.165) is 37.0 Å². The molecular formula is C15H28N4S. The summed E-state index contributed by atoms with van der Waals surface area (Å²) >= 11 is 1.72. The van der Waals surface area contributed by atoms with Crippen molar-refractivity contribution in [3.63, 3.8) is 0 Å². The number of aliphatic imine (C=N–C) groups is 1. The van der Waals surface area contributed by atoms with Crippen molar-refractivity contribution in [3.05, 3.63) is 16.1 Å². The van der Waals surface area contributed by atoms with Crippen LogP contribution >= 0.6 is 11.3 Å². The predicted molar refractivity (Wildman–Crippen MR) is 88.4 cm³/mol. The van der Waals surface area contributed by atoms with Crippen molar-refractivity contribution in [2.75, 3.05) is 7.05 Å². The molecule has 1 aromatic heterocycles. The van der Waals surface area contributed by atoms with Crippen LogP contribution in [0.4, 0.5) is 0 Å². The molecule has 1 atom stereocenters. The van der Waals surface area contributed by atoms with E-state index in [1.807, 2.05) is 7.05 Å². The molecule has 20 heavy (non-hydrogen) atoms. The fourth-order valence-electron chi connectivity index (χ4n) is 1.85. The third-order valence-electron chi connectivity index (χ3n) is 3.12. The summed E-state index contributed by atoms with van der Waals surface area (Å²) in [4.78, 5) is 8.81. The molecule has 4 nitrogen and oxygen atoms in total. The van der Waals surface area contributed by atoms with E-state index >= 15 is 0 Å². The topological polar surface area (TPSA) is 49.3 Å². The van der Waals surface area contributed by atoms with Crippen LogP contribution in [0.15, 0.2) is 10.4 Å². The quantitative estimate of drug-likeness (QED) is 0.600. The minimum atomic E-state index is 0.435. The number of hydrogen-bond acceptors (Lipinski definition) is 3. The van der Waals surface area contributed by atoms with E-state index in [9.17, 15) is 0 Å². The van der Waals surface area contributed by atoms with E-state index in [1.165, 1.54) is 11.4 Å². The summed E-state index contributed by atoms with van der Waals surface area (Å²) in [6.07, 6.45) is 3.40. The number of aryl methyl sites for hydroxylation is 1. The number of rotatable bonds is 7. The largest absolute Gasteiger partial charge is 0.354 e. The van der Waals surface area contributed by atoms with Gasteiger partial charge in [0.15, 0.2) is 5.96 Å². The van der Waals surface area contributed by atoms with E-state index in [2.05, 4.69) is 53.7 Å². The van der Waals surface area contributed by atoms with Gasteiger partial charge in [-0.05, 0) is 32.1 Å². The Morgan fingerprint density at radius 3 is 2.65 bits per heavy atom. The zero-order chi connectivity index (χ0) is 15.0. The number of aromatic nitrogens is 1. The van der Waals surface area contributed by atoms with Crippen LogP contribution in [0.1, 0.15) is 51.2 Å². The molecule has 114 valence electrons. The Kier molecular flexibility index (Phi) is 7.59. The molecule has 0 fully saturated rings. The highest BCUT2D eigenvalue weighted by Gasteiger charge is 2.07. The van der Waals surface area contributed by atoms with Crippen molar-refractivity contribution in [3.8, 4) is 0 Å². The predicted octanol–water partition coefficient (Wildman–Crippen LogP) is 3.20. The highest BCUT2D eigenvalue weighted by atomic mass is 32.1. The fourth-order valence-corrected chi connectivity index (χ4v) is 2.60. The van der Waals surface area contributed by atoms with E-state index in [4.69, 9.17) is 0 Å². The molecule has 1 unspecified atom stereocenters. The van der Waals surface area contributed by atoms with E-state index in [-0.39, 0.29) is 0 Å². The maximum absolute atomic E-state index is 4.55. The summed E-state index contributed by atoms with van der Waals surface area (Å²) in [6.45, 7) is 9.58. The van der Waals surface area contributed by atoms with Gasteiger partial charge in [0.2, 0.25) is 0 Å². The molecule has 0 bridgehead atoms. The fraction of sp³-hybridized carbons (Fsp3) is 0.733. The molecule has 0 amide bonds. The Morgan fingerprint density at radius 1 is 1.35 bits per heavy atom. The van der Waals surface area contributed by atoms with E-state index < -0.39 is 0 Å². The van der Waals surface area contributed by atoms with Gasteiger partial charge in [-0.2, -0.15) is 0 Å². The molecule has 0 radical (unpaired) electrons. The Balaban J connectivity index is 2.36. The van der Waals surface area contributed by atoms with Crippen LogP contribution in [0, 0.1) is 5.92 Å². The first-order chi connectivity index (χ1) is 9.55. The molecule has 0 spiro atoms. The average molecular weight is 296 g/mol. The van der Waals surface area contributed by atoms with Gasteiger partial charge in [-0.25, -0.2) is 4.98 Å². The SMILES string of the molecule is CCc1nc(CNC(=NC)NC(C)CCC(C)C)cs1. The lowest BCUT2D eigenvalue weighted by molar-refractivity contribution is 0.489. The molecule has 2 N–H and O–H groups in total. The molecule has 1 heterocycles. The maximum Gasteiger partial charge on any atom is 0.191 e. The third-order valence-corrected chi connectivity index (χ3v) is 4.16. The highest BCUT2D eigenvalue weighted by Crippen LogP contribution is 2.10. The smallest absolute Gasteiger partial charge is 0.191 e. The molecule has 1 rings (SSSR count). The number of nitrogens with zero attached hydrogens (tertiary/aromatic N) is 2. The first kappa shape index (κ1) is 17.0. The molecule has 1 aromatic rings. The Labute approximate surface area is 127 Å². The Hall–Kier alpha value is -1.10. The molecule has 5 heteroatoms. The van der Waals surface area contributed by atoms with E-state index in [0.29, 0.717) is 6.04 Å². The monoisotopic (exact) mass is 296 g/mol. The van der Waals surface area contributed by atoms with Gasteiger partial charge in [0, 0.05) is 18.5 Å². The van der Waals surface area contributed by atoms with Crippen LogP contribution < -0.4 is 10.6 Å². The molecule has 0 aliphatic heterocycles. The van der Waals surface area contributed by atoms with Gasteiger partial charge < -0.3 is 10.6 Å². The lowest BCUT2D eigenvalue weighted by atomic mass is 10.0. The third kappa shape index (κ3) is 6.37. The Bertz CT molecular complexity index is 412. The molecule has 0 aliphatic carbocycles. The van der Waals surface area contributed by atoms with Gasteiger partial charge in [0.25, 0.3) is 0 Å². The van der Waals surface area contributed by atoms with Crippen LogP contribution in [0.5, 0.6) is 0 Å². The van der Waals surface area contributed by atoms with Crippen molar-refractivity contribution in [1.29, 1.82) is 0 Å². The van der Waals surface area contributed by atoms with Gasteiger partial charge >= 0.3 is 0 Å². The van der Waals surface area contributed by atoms with Gasteiger partial charge in [-0.1, -0.05) is 20.8 Å². The molecule has 0 aliphatic rings. The maximum atomic E-state index is 4.55. The van der Waals surface area contributed by atoms with Crippen LogP contribution in [0.3, 0.4) is 0 Å². The molecular weight excluding hydrogens is 268 g/mol. The summed E-state index contributed by atoms with van der Waals surface area (Å²) < 4.78 is 0. The lowest BCUT2D eigenvalue weighted by Gasteiger charge is -2.18. The zero-order valence-corrected chi connectivity index (χ0v) is 14.2. The van der Waals surface area contributed by atoms with Gasteiger partial charge in [0.1, 0.15) is 0 Å². The van der Waals surface area contributed by atoms with Gasteiger partial charge in [-0.15, -0.1) is 11.3 Å². The summed E-state index contributed by atoms with van der Waals surface area (Å²) in [5.41, 5.74) is 1.09.